The molecule has 0 heterocycles. The van der Waals surface area contributed by atoms with Gasteiger partial charge in [0.15, 0.2) is 0 Å². The molecule has 4 aliphatic carbocycles. The van der Waals surface area contributed by atoms with E-state index in [0.29, 0.717) is 29.1 Å². The Morgan fingerprint density at radius 1 is 1.19 bits per heavy atom. The van der Waals surface area contributed by atoms with Gasteiger partial charge in [-0.05, 0) is 91.8 Å². The minimum atomic E-state index is -0.358. The van der Waals surface area contributed by atoms with E-state index < -0.39 is 0 Å². The molecule has 0 aromatic rings. The molecule has 2 heteroatoms. The molecule has 0 aromatic heterocycles. The van der Waals surface area contributed by atoms with Gasteiger partial charge in [-0.25, -0.2) is 0 Å². The van der Waals surface area contributed by atoms with Gasteiger partial charge in [0.25, 0.3) is 0 Å². The van der Waals surface area contributed by atoms with E-state index in [0.717, 1.165) is 37.0 Å². The van der Waals surface area contributed by atoms with Crippen molar-refractivity contribution >= 4 is 0 Å². The van der Waals surface area contributed by atoms with Crippen molar-refractivity contribution < 1.29 is 10.2 Å². The number of allylic oxidation sites excluding steroid dienone is 1. The summed E-state index contributed by atoms with van der Waals surface area (Å²) in [7, 11) is 0. The Morgan fingerprint density at radius 2 is 1.96 bits per heavy atom. The molecule has 0 spiro atoms. The highest BCUT2D eigenvalue weighted by Gasteiger charge is 2.59. The van der Waals surface area contributed by atoms with Crippen LogP contribution in [0.4, 0.5) is 0 Å². The van der Waals surface area contributed by atoms with E-state index in [1.807, 2.05) is 0 Å². The van der Waals surface area contributed by atoms with Crippen LogP contribution in [0.2, 0.25) is 0 Å². The van der Waals surface area contributed by atoms with Crippen LogP contribution in [0, 0.1) is 52.8 Å². The highest BCUT2D eigenvalue weighted by atomic mass is 16.3. The number of aliphatic hydroxyl groups is 2. The van der Waals surface area contributed by atoms with Gasteiger partial charge in [-0.1, -0.05) is 32.4 Å². The number of aliphatic hydroxyl groups excluding tert-OH is 2. The van der Waals surface area contributed by atoms with Crippen LogP contribution in [-0.4, -0.2) is 22.4 Å². The predicted octanol–water partition coefficient (Wildman–Crippen LogP) is 4.95. The Morgan fingerprint density at radius 3 is 2.70 bits per heavy atom. The predicted molar refractivity (Wildman–Crippen MR) is 110 cm³/mol. The van der Waals surface area contributed by atoms with Gasteiger partial charge in [-0.2, -0.15) is 0 Å². The van der Waals surface area contributed by atoms with Crippen molar-refractivity contribution in [3.63, 3.8) is 0 Å². The van der Waals surface area contributed by atoms with E-state index in [9.17, 15) is 10.2 Å². The zero-order valence-electron chi connectivity index (χ0n) is 17.5. The minimum Gasteiger partial charge on any atom is -0.393 e. The van der Waals surface area contributed by atoms with Gasteiger partial charge >= 0.3 is 0 Å². The molecule has 0 aromatic carbocycles. The lowest BCUT2D eigenvalue weighted by Crippen LogP contribution is -2.51. The molecular formula is C25H38O2. The molecule has 2 N–H and O–H groups in total. The molecule has 3 saturated carbocycles. The Kier molecular flexibility index (Phi) is 5.01. The number of hydrogen-bond donors (Lipinski definition) is 2. The largest absolute Gasteiger partial charge is 0.393 e. The maximum Gasteiger partial charge on any atom is 0.0677 e. The zero-order chi connectivity index (χ0) is 19.4. The quantitative estimate of drug-likeness (QED) is 0.545. The summed E-state index contributed by atoms with van der Waals surface area (Å²) >= 11 is 0. The normalized spacial score (nSPS) is 48.4. The lowest BCUT2D eigenvalue weighted by molar-refractivity contribution is -0.0667. The van der Waals surface area contributed by atoms with Gasteiger partial charge in [-0.3, -0.25) is 0 Å². The summed E-state index contributed by atoms with van der Waals surface area (Å²) in [5.41, 5.74) is 2.22. The maximum atomic E-state index is 10.6. The summed E-state index contributed by atoms with van der Waals surface area (Å²) in [5.74, 6) is 5.91. The Bertz CT molecular complexity index is 645. The molecule has 4 aliphatic rings. The van der Waals surface area contributed by atoms with Crippen LogP contribution < -0.4 is 0 Å². The van der Waals surface area contributed by atoms with Gasteiger partial charge in [0.05, 0.1) is 12.2 Å². The van der Waals surface area contributed by atoms with Crippen LogP contribution in [0.25, 0.3) is 0 Å². The van der Waals surface area contributed by atoms with E-state index >= 15 is 0 Å². The van der Waals surface area contributed by atoms with Gasteiger partial charge in [0, 0.05) is 6.42 Å². The molecule has 3 fully saturated rings. The van der Waals surface area contributed by atoms with Crippen LogP contribution in [0.1, 0.15) is 78.6 Å². The van der Waals surface area contributed by atoms with Crippen molar-refractivity contribution in [2.24, 2.45) is 40.4 Å². The smallest absolute Gasteiger partial charge is 0.0677 e. The third-order valence-electron chi connectivity index (χ3n) is 9.72. The standard InChI is InChI=1S/C25H38O2/c1-5-6-23(27)16(2)20-9-10-21-19-8-7-17-15-18(26)11-13-24(17,3)22(19)12-14-25(20,21)4/h1,7,16,18-23,26-27H,6,8-15H2,2-4H3/t16?,18-,19-,20?,21-,22-,23+,24-,25+/m0/s1. The summed E-state index contributed by atoms with van der Waals surface area (Å²) in [5, 5.41) is 20.7. The fourth-order valence-electron chi connectivity index (χ4n) is 8.12. The summed E-state index contributed by atoms with van der Waals surface area (Å²) < 4.78 is 0. The van der Waals surface area contributed by atoms with Crippen molar-refractivity contribution in [3.8, 4) is 12.3 Å². The molecule has 9 atom stereocenters. The van der Waals surface area contributed by atoms with Gasteiger partial charge in [0.2, 0.25) is 0 Å². The Hall–Kier alpha value is -0.780. The van der Waals surface area contributed by atoms with Crippen molar-refractivity contribution in [1.82, 2.24) is 0 Å². The molecule has 0 bridgehead atoms. The summed E-state index contributed by atoms with van der Waals surface area (Å²) in [6.45, 7) is 7.25. The van der Waals surface area contributed by atoms with E-state index in [4.69, 9.17) is 6.42 Å². The first-order valence-corrected chi connectivity index (χ1v) is 11.3. The first kappa shape index (κ1) is 19.5. The third-order valence-corrected chi connectivity index (χ3v) is 9.72. The Labute approximate surface area is 165 Å². The second kappa shape index (κ2) is 6.93. The molecule has 0 amide bonds. The van der Waals surface area contributed by atoms with Crippen molar-refractivity contribution in [2.45, 2.75) is 90.8 Å². The van der Waals surface area contributed by atoms with Crippen LogP contribution in [-0.2, 0) is 0 Å². The summed E-state index contributed by atoms with van der Waals surface area (Å²) in [6, 6.07) is 0. The molecule has 0 radical (unpaired) electrons. The second-order valence-corrected chi connectivity index (χ2v) is 10.7. The number of terminal acetylenes is 1. The molecule has 2 nitrogen and oxygen atoms in total. The van der Waals surface area contributed by atoms with Crippen LogP contribution in [0.15, 0.2) is 11.6 Å². The van der Waals surface area contributed by atoms with Gasteiger partial charge in [0.1, 0.15) is 0 Å². The maximum absolute atomic E-state index is 10.6. The molecule has 27 heavy (non-hydrogen) atoms. The van der Waals surface area contributed by atoms with Gasteiger partial charge in [-0.15, -0.1) is 12.3 Å². The highest BCUT2D eigenvalue weighted by Crippen LogP contribution is 2.67. The average molecular weight is 371 g/mol. The molecule has 4 rings (SSSR count). The monoisotopic (exact) mass is 370 g/mol. The molecule has 150 valence electrons. The highest BCUT2D eigenvalue weighted by molar-refractivity contribution is 5.25. The van der Waals surface area contributed by atoms with E-state index in [-0.39, 0.29) is 12.2 Å². The average Bonchev–Trinajstić information content (AvgIpc) is 2.99. The van der Waals surface area contributed by atoms with Crippen LogP contribution in [0.3, 0.4) is 0 Å². The van der Waals surface area contributed by atoms with Crippen LogP contribution in [0.5, 0.6) is 0 Å². The fraction of sp³-hybridized carbons (Fsp3) is 0.840. The zero-order valence-corrected chi connectivity index (χ0v) is 17.5. The number of rotatable bonds is 3. The third kappa shape index (κ3) is 2.92. The summed E-state index contributed by atoms with van der Waals surface area (Å²) in [4.78, 5) is 0. The first-order chi connectivity index (χ1) is 12.8. The van der Waals surface area contributed by atoms with E-state index in [1.165, 1.54) is 32.1 Å². The van der Waals surface area contributed by atoms with Gasteiger partial charge < -0.3 is 10.2 Å². The van der Waals surface area contributed by atoms with Crippen LogP contribution >= 0.6 is 0 Å². The van der Waals surface area contributed by atoms with Crippen molar-refractivity contribution in [1.29, 1.82) is 0 Å². The van der Waals surface area contributed by atoms with Crippen molar-refractivity contribution in [2.75, 3.05) is 0 Å². The van der Waals surface area contributed by atoms with Crippen molar-refractivity contribution in [3.05, 3.63) is 11.6 Å². The molecule has 0 aliphatic heterocycles. The summed E-state index contributed by atoms with van der Waals surface area (Å²) in [6.07, 6.45) is 17.4. The fourth-order valence-corrected chi connectivity index (χ4v) is 8.12. The molecular weight excluding hydrogens is 332 g/mol. The van der Waals surface area contributed by atoms with E-state index in [2.05, 4.69) is 32.8 Å². The minimum absolute atomic E-state index is 0.121. The Balaban J connectivity index is 1.58. The molecule has 0 saturated heterocycles. The molecule has 2 unspecified atom stereocenters. The number of hydrogen-bond acceptors (Lipinski definition) is 2. The SMILES string of the molecule is C#CC[C@@H](O)C(C)C1CC[C@H]2[C@@H]3CC=C4C[C@@H](O)CC[C@]4(C)[C@H]3CC[C@]12C. The lowest BCUT2D eigenvalue weighted by atomic mass is 9.47. The van der Waals surface area contributed by atoms with E-state index in [1.54, 1.807) is 5.57 Å². The topological polar surface area (TPSA) is 40.5 Å². The first-order valence-electron chi connectivity index (χ1n) is 11.3. The second-order valence-electron chi connectivity index (χ2n) is 10.7. The lowest BCUT2D eigenvalue weighted by Gasteiger charge is -2.58. The number of fused-ring (bicyclic) bond motifs is 5.